The van der Waals surface area contributed by atoms with E-state index in [1.54, 1.807) is 21.1 Å². The number of hydrogen-bond acceptors (Lipinski definition) is 7. The molecule has 1 aromatic rings. The summed E-state index contributed by atoms with van der Waals surface area (Å²) in [6.07, 6.45) is 4.95. The molecule has 9 atom stereocenters. The zero-order valence-electron chi connectivity index (χ0n) is 21.6. The highest BCUT2D eigenvalue weighted by molar-refractivity contribution is 5.73. The largest absolute Gasteiger partial charge is 0.457 e. The molecule has 0 aromatic heterocycles. The average molecular weight is 491 g/mol. The van der Waals surface area contributed by atoms with Gasteiger partial charge in [-0.05, 0) is 31.7 Å². The molecule has 0 aliphatic carbocycles. The maximum absolute atomic E-state index is 13.3. The van der Waals surface area contributed by atoms with Crippen LogP contribution in [0.3, 0.4) is 0 Å². The van der Waals surface area contributed by atoms with Crippen molar-refractivity contribution in [2.45, 2.75) is 89.2 Å². The van der Waals surface area contributed by atoms with Gasteiger partial charge in [0, 0.05) is 32.5 Å². The molecular formula is C28H42O7. The number of aliphatic hydroxyl groups excluding tert-OH is 1. The van der Waals surface area contributed by atoms with Gasteiger partial charge in [-0.15, -0.1) is 0 Å². The Morgan fingerprint density at radius 2 is 1.69 bits per heavy atom. The third-order valence-corrected chi connectivity index (χ3v) is 7.70. The maximum atomic E-state index is 13.3. The summed E-state index contributed by atoms with van der Waals surface area (Å²) >= 11 is 0. The number of cyclic esters (lactones) is 1. The third kappa shape index (κ3) is 6.71. The lowest BCUT2D eigenvalue weighted by atomic mass is 9.80. The molecule has 1 aromatic carbocycles. The van der Waals surface area contributed by atoms with E-state index in [0.29, 0.717) is 6.42 Å². The summed E-state index contributed by atoms with van der Waals surface area (Å²) in [5.74, 6) is -3.70. The van der Waals surface area contributed by atoms with Gasteiger partial charge in [-0.2, -0.15) is 0 Å². The topological polar surface area (TPSA) is 94.5 Å². The zero-order chi connectivity index (χ0) is 25.6. The van der Waals surface area contributed by atoms with Crippen LogP contribution >= 0.6 is 0 Å². The van der Waals surface area contributed by atoms with Crippen LogP contribution < -0.4 is 0 Å². The van der Waals surface area contributed by atoms with E-state index in [4.69, 9.17) is 18.9 Å². The first-order valence-electron chi connectivity index (χ1n) is 12.8. The first-order chi connectivity index (χ1) is 16.7. The molecule has 0 spiro atoms. The van der Waals surface area contributed by atoms with Crippen LogP contribution in [0, 0.1) is 17.8 Å². The minimum Gasteiger partial charge on any atom is -0.457 e. The highest BCUT2D eigenvalue weighted by Gasteiger charge is 2.51. The highest BCUT2D eigenvalue weighted by Crippen LogP contribution is 2.40. The van der Waals surface area contributed by atoms with E-state index in [1.165, 1.54) is 0 Å². The van der Waals surface area contributed by atoms with Crippen molar-refractivity contribution in [1.82, 2.24) is 0 Å². The SMILES string of the molecule is CO[C@H]1CCCC[C@@H](c2ccccc2)OC(=O)[C@@H](C)[C@]2(O)C[C@@H](O)[C@H](C)[C@@H](O2)[C@@H](C)/C=C/[C@H]1OC. The zero-order valence-corrected chi connectivity index (χ0v) is 21.6. The minimum absolute atomic E-state index is 0.0557. The molecule has 1 fully saturated rings. The van der Waals surface area contributed by atoms with Gasteiger partial charge < -0.3 is 29.2 Å². The number of methoxy groups -OCH3 is 2. The summed E-state index contributed by atoms with van der Waals surface area (Å²) in [7, 11) is 3.35. The third-order valence-electron chi connectivity index (χ3n) is 7.70. The molecule has 2 aliphatic rings. The van der Waals surface area contributed by atoms with Gasteiger partial charge in [0.05, 0.1) is 18.3 Å². The van der Waals surface area contributed by atoms with Crippen molar-refractivity contribution < 1.29 is 34.0 Å². The van der Waals surface area contributed by atoms with Gasteiger partial charge >= 0.3 is 5.97 Å². The monoisotopic (exact) mass is 490 g/mol. The van der Waals surface area contributed by atoms with Crippen LogP contribution in [0.5, 0.6) is 0 Å². The van der Waals surface area contributed by atoms with Crippen molar-refractivity contribution in [2.75, 3.05) is 14.2 Å². The summed E-state index contributed by atoms with van der Waals surface area (Å²) in [5, 5.41) is 22.2. The normalized spacial score (nSPS) is 40.6. The second-order valence-corrected chi connectivity index (χ2v) is 10.1. The quantitative estimate of drug-likeness (QED) is 0.485. The fourth-order valence-electron chi connectivity index (χ4n) is 5.19. The van der Waals surface area contributed by atoms with Gasteiger partial charge in [-0.25, -0.2) is 0 Å². The highest BCUT2D eigenvalue weighted by atomic mass is 16.6. The van der Waals surface area contributed by atoms with Gasteiger partial charge in [0.25, 0.3) is 0 Å². The van der Waals surface area contributed by atoms with E-state index in [-0.39, 0.29) is 30.5 Å². The predicted octanol–water partition coefficient (Wildman–Crippen LogP) is 4.18. The second kappa shape index (κ2) is 12.5. The molecule has 0 saturated carbocycles. The Balaban J connectivity index is 1.94. The standard InChI is InChI=1S/C28H42O7/c1-18-15-16-25(33-5)24(32-4)14-10-9-13-23(21-11-7-6-8-12-21)34-27(30)20(3)28(31)17-22(29)19(2)26(18)35-28/h6-8,11-12,15-16,18-20,22-26,29,31H,9-10,13-14,17H2,1-5H3/b16-15+/t18-,19-,20+,22+,23-,24-,25+,26-,28-/m0/s1. The van der Waals surface area contributed by atoms with E-state index in [1.807, 2.05) is 56.3 Å². The molecule has 2 heterocycles. The first kappa shape index (κ1) is 27.8. The molecule has 2 N–H and O–H groups in total. The molecule has 1 saturated heterocycles. The van der Waals surface area contributed by atoms with Crippen LogP contribution in [-0.2, 0) is 23.7 Å². The number of carbonyl (C=O) groups excluding carboxylic acids is 1. The Morgan fingerprint density at radius 3 is 2.34 bits per heavy atom. The van der Waals surface area contributed by atoms with Crippen LogP contribution in [0.2, 0.25) is 0 Å². The lowest BCUT2D eigenvalue weighted by Crippen LogP contribution is -2.57. The van der Waals surface area contributed by atoms with Crippen molar-refractivity contribution in [1.29, 1.82) is 0 Å². The number of hydrogen-bond donors (Lipinski definition) is 2. The van der Waals surface area contributed by atoms with Gasteiger partial charge in [0.1, 0.15) is 18.1 Å². The van der Waals surface area contributed by atoms with Crippen LogP contribution in [0.25, 0.3) is 0 Å². The molecule has 35 heavy (non-hydrogen) atoms. The summed E-state index contributed by atoms with van der Waals surface area (Å²) in [4.78, 5) is 13.3. The van der Waals surface area contributed by atoms with Crippen molar-refractivity contribution in [2.24, 2.45) is 17.8 Å². The van der Waals surface area contributed by atoms with Crippen molar-refractivity contribution >= 4 is 5.97 Å². The molecule has 196 valence electrons. The Bertz CT molecular complexity index is 828. The Hall–Kier alpha value is -1.77. The number of carbonyl (C=O) groups is 1. The minimum atomic E-state index is -1.83. The number of aliphatic hydroxyl groups is 2. The molecule has 7 nitrogen and oxygen atoms in total. The molecule has 2 aliphatic heterocycles. The van der Waals surface area contributed by atoms with E-state index >= 15 is 0 Å². The van der Waals surface area contributed by atoms with Gasteiger partial charge in [0.15, 0.2) is 5.79 Å². The van der Waals surface area contributed by atoms with E-state index in [0.717, 1.165) is 24.8 Å². The molecular weight excluding hydrogens is 448 g/mol. The lowest BCUT2D eigenvalue weighted by molar-refractivity contribution is -0.313. The fraction of sp³-hybridized carbons (Fsp3) is 0.679. The average Bonchev–Trinajstić information content (AvgIpc) is 2.86. The number of ether oxygens (including phenoxy) is 4. The van der Waals surface area contributed by atoms with E-state index < -0.39 is 36.0 Å². The van der Waals surface area contributed by atoms with Crippen LogP contribution in [0.15, 0.2) is 42.5 Å². The van der Waals surface area contributed by atoms with Crippen LogP contribution in [0.1, 0.15) is 64.5 Å². The van der Waals surface area contributed by atoms with Crippen molar-refractivity contribution in [3.05, 3.63) is 48.0 Å². The molecule has 7 heteroatoms. The van der Waals surface area contributed by atoms with Gasteiger partial charge in [-0.3, -0.25) is 4.79 Å². The molecule has 0 amide bonds. The molecule has 0 radical (unpaired) electrons. The smallest absolute Gasteiger partial charge is 0.314 e. The summed E-state index contributed by atoms with van der Waals surface area (Å²) in [6.45, 7) is 5.48. The molecule has 3 rings (SSSR count). The number of fused-ring (bicyclic) bond motifs is 2. The maximum Gasteiger partial charge on any atom is 0.314 e. The molecule has 0 unspecified atom stereocenters. The number of rotatable bonds is 3. The predicted molar refractivity (Wildman–Crippen MR) is 132 cm³/mol. The Labute approximate surface area is 209 Å². The van der Waals surface area contributed by atoms with Crippen LogP contribution in [-0.4, -0.2) is 60.6 Å². The Kier molecular flexibility index (Phi) is 9.90. The van der Waals surface area contributed by atoms with Crippen molar-refractivity contribution in [3.8, 4) is 0 Å². The van der Waals surface area contributed by atoms with Crippen molar-refractivity contribution in [3.63, 3.8) is 0 Å². The van der Waals surface area contributed by atoms with Crippen LogP contribution in [0.4, 0.5) is 0 Å². The first-order valence-corrected chi connectivity index (χ1v) is 12.8. The lowest BCUT2D eigenvalue weighted by Gasteiger charge is -2.47. The fourth-order valence-corrected chi connectivity index (χ4v) is 5.19. The summed E-state index contributed by atoms with van der Waals surface area (Å²) in [6, 6.07) is 9.65. The summed E-state index contributed by atoms with van der Waals surface area (Å²) < 4.78 is 23.6. The Morgan fingerprint density at radius 1 is 1.00 bits per heavy atom. The van der Waals surface area contributed by atoms with E-state index in [9.17, 15) is 15.0 Å². The van der Waals surface area contributed by atoms with Gasteiger partial charge in [-0.1, -0.05) is 62.8 Å². The van der Waals surface area contributed by atoms with Gasteiger partial charge in [0.2, 0.25) is 0 Å². The summed E-state index contributed by atoms with van der Waals surface area (Å²) in [5.41, 5.74) is 0.909. The number of benzene rings is 1. The second-order valence-electron chi connectivity index (χ2n) is 10.1. The number of esters is 1. The molecule has 2 bridgehead atoms. The van der Waals surface area contributed by atoms with E-state index in [2.05, 4.69) is 0 Å².